The summed E-state index contributed by atoms with van der Waals surface area (Å²) in [7, 11) is 0.204. The zero-order chi connectivity index (χ0) is 26.1. The number of carbonyl (C=O) groups is 1. The number of hydrogen-bond donors (Lipinski definition) is 2. The average molecular weight is 571 g/mol. The Balaban J connectivity index is 1.77. The number of aliphatic hydroxyl groups excluding tert-OH is 1. The van der Waals surface area contributed by atoms with Crippen LogP contribution >= 0.6 is 15.9 Å². The number of benzene rings is 1. The number of rotatable bonds is 9. The highest BCUT2D eigenvalue weighted by Gasteiger charge is 2.43. The Hall–Kier alpha value is -2.35. The quantitative estimate of drug-likeness (QED) is 0.258. The summed E-state index contributed by atoms with van der Waals surface area (Å²) in [6.45, 7) is 9.62. The van der Waals surface area contributed by atoms with Crippen molar-refractivity contribution >= 4 is 43.3 Å². The number of cyclic esters (lactones) is 1. The van der Waals surface area contributed by atoms with Crippen LogP contribution in [0.15, 0.2) is 22.9 Å². The Morgan fingerprint density at radius 2 is 2.11 bits per heavy atom. The number of imidazole rings is 1. The minimum atomic E-state index is -0.776. The van der Waals surface area contributed by atoms with Crippen LogP contribution in [-0.4, -0.2) is 60.7 Å². The zero-order valence-electron chi connectivity index (χ0n) is 20.1. The predicted octanol–water partition coefficient (Wildman–Crippen LogP) is 4.50. The number of aromatic nitrogens is 2. The number of halogens is 2. The molecule has 1 aromatic carbocycles. The summed E-state index contributed by atoms with van der Waals surface area (Å²) < 4.78 is 26.9. The molecule has 1 fully saturated rings. The van der Waals surface area contributed by atoms with Crippen molar-refractivity contribution in [3.63, 3.8) is 0 Å². The lowest BCUT2D eigenvalue weighted by Crippen LogP contribution is -2.43. The molecule has 2 heterocycles. The van der Waals surface area contributed by atoms with Crippen molar-refractivity contribution in [3.05, 3.63) is 50.1 Å². The fraction of sp³-hybridized carbons (Fsp3) is 0.545. The molecule has 0 spiro atoms. The third kappa shape index (κ3) is 6.45. The SMILES string of the molecule is CC(C)(C)[Si]OC(C)(C)C1CN(c2ccc(C(CO)Cc3nc(Br)[nH]c3[N+](=O)[O-])c(F)c2)C(=O)O1. The summed E-state index contributed by atoms with van der Waals surface area (Å²) in [4.78, 5) is 31.0. The maximum atomic E-state index is 15.1. The van der Waals surface area contributed by atoms with E-state index in [0.717, 1.165) is 0 Å². The maximum absolute atomic E-state index is 15.1. The van der Waals surface area contributed by atoms with Crippen molar-refractivity contribution in [2.45, 2.75) is 63.7 Å². The van der Waals surface area contributed by atoms with Gasteiger partial charge in [-0.25, -0.2) is 14.2 Å². The van der Waals surface area contributed by atoms with Crippen LogP contribution in [0.1, 0.15) is 51.8 Å². The molecule has 2 aromatic rings. The lowest BCUT2D eigenvalue weighted by Gasteiger charge is -2.32. The van der Waals surface area contributed by atoms with E-state index in [2.05, 4.69) is 46.7 Å². The number of aromatic amines is 1. The molecule has 3 rings (SSSR count). The predicted molar refractivity (Wildman–Crippen MR) is 131 cm³/mol. The van der Waals surface area contributed by atoms with Gasteiger partial charge in [-0.05, 0) is 41.5 Å². The molecule has 1 aliphatic rings. The molecule has 1 saturated heterocycles. The summed E-state index contributed by atoms with van der Waals surface area (Å²) in [6, 6.07) is 4.22. The van der Waals surface area contributed by atoms with Crippen LogP contribution in [0.25, 0.3) is 0 Å². The normalized spacial score (nSPS) is 17.5. The van der Waals surface area contributed by atoms with Crippen LogP contribution in [0.5, 0.6) is 0 Å². The molecular formula is C22H28BrFN4O6Si. The lowest BCUT2D eigenvalue weighted by molar-refractivity contribution is -0.390. The zero-order valence-corrected chi connectivity index (χ0v) is 22.7. The maximum Gasteiger partial charge on any atom is 0.414 e. The van der Waals surface area contributed by atoms with Crippen molar-refractivity contribution in [1.29, 1.82) is 0 Å². The largest absolute Gasteiger partial charge is 0.441 e. The van der Waals surface area contributed by atoms with Gasteiger partial charge in [-0.1, -0.05) is 26.8 Å². The molecule has 1 aliphatic heterocycles. The summed E-state index contributed by atoms with van der Waals surface area (Å²) >= 11 is 3.06. The van der Waals surface area contributed by atoms with E-state index in [1.807, 2.05) is 13.8 Å². The molecule has 0 aliphatic carbocycles. The van der Waals surface area contributed by atoms with Gasteiger partial charge >= 0.3 is 11.9 Å². The first-order valence-corrected chi connectivity index (χ1v) is 12.6. The van der Waals surface area contributed by atoms with Gasteiger partial charge in [0.05, 0.1) is 24.4 Å². The van der Waals surface area contributed by atoms with Crippen LogP contribution in [0, 0.1) is 15.9 Å². The molecule has 2 radical (unpaired) electrons. The Kier molecular flexibility index (Phi) is 8.04. The minimum absolute atomic E-state index is 0.0335. The summed E-state index contributed by atoms with van der Waals surface area (Å²) in [6.07, 6.45) is -1.20. The Bertz CT molecular complexity index is 1110. The topological polar surface area (TPSA) is 131 Å². The number of amides is 1. The number of nitrogens with one attached hydrogen (secondary N) is 1. The number of nitrogens with zero attached hydrogens (tertiary/aromatic N) is 3. The number of nitro groups is 1. The molecule has 1 amide bonds. The molecule has 2 N–H and O–H groups in total. The number of anilines is 1. The lowest BCUT2D eigenvalue weighted by atomic mass is 9.94. The van der Waals surface area contributed by atoms with E-state index < -0.39 is 41.1 Å². The summed E-state index contributed by atoms with van der Waals surface area (Å²) in [5, 5.41) is 21.1. The van der Waals surface area contributed by atoms with Crippen LogP contribution < -0.4 is 4.90 Å². The number of carbonyl (C=O) groups excluding carboxylic acids is 1. The first-order valence-electron chi connectivity index (χ1n) is 10.9. The van der Waals surface area contributed by atoms with Crippen molar-refractivity contribution in [3.8, 4) is 0 Å². The summed E-state index contributed by atoms with van der Waals surface area (Å²) in [5.74, 6) is -1.75. The van der Waals surface area contributed by atoms with Crippen molar-refractivity contribution < 1.29 is 28.4 Å². The first-order chi connectivity index (χ1) is 16.2. The average Bonchev–Trinajstić information content (AvgIpc) is 3.33. The van der Waals surface area contributed by atoms with Gasteiger partial charge in [-0.2, -0.15) is 4.98 Å². The highest BCUT2D eigenvalue weighted by atomic mass is 79.9. The minimum Gasteiger partial charge on any atom is -0.441 e. The molecule has 190 valence electrons. The van der Waals surface area contributed by atoms with Crippen molar-refractivity contribution in [2.75, 3.05) is 18.1 Å². The van der Waals surface area contributed by atoms with E-state index in [-0.39, 0.29) is 49.6 Å². The van der Waals surface area contributed by atoms with E-state index in [9.17, 15) is 20.0 Å². The Morgan fingerprint density at radius 3 is 2.69 bits per heavy atom. The van der Waals surface area contributed by atoms with Gasteiger partial charge in [0.2, 0.25) is 9.76 Å². The molecule has 10 nitrogen and oxygen atoms in total. The van der Waals surface area contributed by atoms with Gasteiger partial charge in [-0.3, -0.25) is 4.90 Å². The van der Waals surface area contributed by atoms with E-state index in [4.69, 9.17) is 9.16 Å². The molecule has 0 saturated carbocycles. The molecule has 2 atom stereocenters. The highest BCUT2D eigenvalue weighted by molar-refractivity contribution is 9.10. The first kappa shape index (κ1) is 27.2. The van der Waals surface area contributed by atoms with E-state index >= 15 is 4.39 Å². The van der Waals surface area contributed by atoms with Gasteiger partial charge in [-0.15, -0.1) is 0 Å². The van der Waals surface area contributed by atoms with Gasteiger partial charge in [0.15, 0.2) is 0 Å². The van der Waals surface area contributed by atoms with Crippen molar-refractivity contribution in [2.24, 2.45) is 0 Å². The Labute approximate surface area is 213 Å². The number of aliphatic hydroxyl groups is 1. The molecule has 35 heavy (non-hydrogen) atoms. The van der Waals surface area contributed by atoms with Crippen LogP contribution in [0.2, 0.25) is 5.04 Å². The monoisotopic (exact) mass is 570 g/mol. The molecule has 13 heteroatoms. The second-order valence-corrected chi connectivity index (χ2v) is 12.6. The number of hydrogen-bond acceptors (Lipinski definition) is 7. The van der Waals surface area contributed by atoms with Crippen molar-refractivity contribution in [1.82, 2.24) is 9.97 Å². The molecule has 0 bridgehead atoms. The van der Waals surface area contributed by atoms with E-state index in [1.165, 1.54) is 17.0 Å². The third-order valence-corrected chi connectivity index (χ3v) is 7.13. The molecule has 2 unspecified atom stereocenters. The van der Waals surface area contributed by atoms with Gasteiger partial charge in [0.25, 0.3) is 4.73 Å². The van der Waals surface area contributed by atoms with Crippen LogP contribution in [0.3, 0.4) is 0 Å². The highest BCUT2D eigenvalue weighted by Crippen LogP contribution is 2.34. The fourth-order valence-electron chi connectivity index (χ4n) is 3.57. The Morgan fingerprint density at radius 1 is 1.43 bits per heavy atom. The number of H-pyrrole nitrogens is 1. The fourth-order valence-corrected chi connectivity index (χ4v) is 4.67. The third-order valence-electron chi connectivity index (χ3n) is 5.51. The second kappa shape index (κ2) is 10.3. The van der Waals surface area contributed by atoms with Gasteiger partial charge in [0.1, 0.15) is 17.6 Å². The number of ether oxygens (including phenoxy) is 1. The molecular weight excluding hydrogens is 543 g/mol. The van der Waals surface area contributed by atoms with E-state index in [1.54, 1.807) is 6.07 Å². The van der Waals surface area contributed by atoms with Gasteiger partial charge in [0, 0.05) is 28.3 Å². The van der Waals surface area contributed by atoms with Crippen LogP contribution in [0.4, 0.5) is 20.7 Å². The van der Waals surface area contributed by atoms with Crippen LogP contribution in [-0.2, 0) is 15.6 Å². The van der Waals surface area contributed by atoms with E-state index in [0.29, 0.717) is 5.69 Å². The summed E-state index contributed by atoms with van der Waals surface area (Å²) in [5.41, 5.74) is -0.182. The smallest absolute Gasteiger partial charge is 0.414 e. The van der Waals surface area contributed by atoms with Gasteiger partial charge < -0.3 is 24.4 Å². The molecule has 1 aromatic heterocycles. The standard InChI is InChI=1S/C22H28BrFN4O6Si/c1-21(2,3)35-34-22(4,5)17-10-27(20(30)33-17)13-6-7-14(15(24)9-13)12(11-29)8-16-18(28(31)32)26-19(23)25-16/h6-7,9,12,17,29H,8,10-11H2,1-5H3,(H,25,26). The second-order valence-electron chi connectivity index (χ2n) is 9.91.